The van der Waals surface area contributed by atoms with Gasteiger partial charge in [0.25, 0.3) is 0 Å². The minimum atomic E-state index is 0.741. The molecule has 2 heterocycles. The molecule has 2 aromatic heterocycles. The lowest BCUT2D eigenvalue weighted by Crippen LogP contribution is -2.13. The number of benzene rings is 2. The zero-order chi connectivity index (χ0) is 18.5. The molecule has 0 radical (unpaired) electrons. The number of hydrogen-bond acceptors (Lipinski definition) is 3. The van der Waals surface area contributed by atoms with Gasteiger partial charge in [0.15, 0.2) is 0 Å². The maximum Gasteiger partial charge on any atom is 0.0972 e. The van der Waals surface area contributed by atoms with Gasteiger partial charge in [0.1, 0.15) is 0 Å². The van der Waals surface area contributed by atoms with Crippen LogP contribution in [-0.2, 0) is 13.1 Å². The van der Waals surface area contributed by atoms with Crippen molar-refractivity contribution in [2.24, 2.45) is 0 Å². The van der Waals surface area contributed by atoms with Gasteiger partial charge in [-0.1, -0.05) is 54.1 Å². The van der Waals surface area contributed by atoms with Crippen molar-refractivity contribution in [3.8, 4) is 16.9 Å². The summed E-state index contributed by atoms with van der Waals surface area (Å²) >= 11 is 0. The van der Waals surface area contributed by atoms with E-state index in [0.29, 0.717) is 0 Å². The van der Waals surface area contributed by atoms with Crippen LogP contribution < -0.4 is 5.32 Å². The normalized spacial score (nSPS) is 10.9. The second-order valence-corrected chi connectivity index (χ2v) is 6.61. The van der Waals surface area contributed by atoms with Crippen molar-refractivity contribution in [2.75, 3.05) is 0 Å². The molecule has 4 heteroatoms. The first kappa shape index (κ1) is 17.2. The first-order valence-electron chi connectivity index (χ1n) is 9.10. The van der Waals surface area contributed by atoms with Crippen LogP contribution in [0.25, 0.3) is 16.9 Å². The minimum absolute atomic E-state index is 0.741. The monoisotopic (exact) mass is 354 g/mol. The highest BCUT2D eigenvalue weighted by Gasteiger charge is 2.12. The number of rotatable bonds is 6. The lowest BCUT2D eigenvalue weighted by molar-refractivity contribution is 0.692. The van der Waals surface area contributed by atoms with Gasteiger partial charge in [0.05, 0.1) is 11.4 Å². The van der Waals surface area contributed by atoms with Gasteiger partial charge in [-0.25, -0.2) is 4.68 Å². The van der Waals surface area contributed by atoms with Crippen LogP contribution in [0.4, 0.5) is 0 Å². The largest absolute Gasteiger partial charge is 0.308 e. The Morgan fingerprint density at radius 1 is 0.889 bits per heavy atom. The predicted octanol–water partition coefficient (Wildman–Crippen LogP) is 4.53. The summed E-state index contributed by atoms with van der Waals surface area (Å²) < 4.78 is 1.95. The van der Waals surface area contributed by atoms with E-state index in [1.165, 1.54) is 16.7 Å². The fourth-order valence-electron chi connectivity index (χ4n) is 3.05. The third kappa shape index (κ3) is 4.13. The molecule has 0 aliphatic rings. The third-order valence-corrected chi connectivity index (χ3v) is 4.50. The van der Waals surface area contributed by atoms with Crippen LogP contribution >= 0.6 is 0 Å². The Labute approximate surface area is 159 Å². The molecular weight excluding hydrogens is 332 g/mol. The lowest BCUT2D eigenvalue weighted by Gasteiger charge is -2.05. The molecule has 0 fully saturated rings. The number of para-hydroxylation sites is 1. The first-order chi connectivity index (χ1) is 13.3. The zero-order valence-electron chi connectivity index (χ0n) is 15.3. The molecule has 0 amide bonds. The van der Waals surface area contributed by atoms with E-state index in [1.807, 2.05) is 35.1 Å². The number of aromatic nitrogens is 3. The van der Waals surface area contributed by atoms with Crippen molar-refractivity contribution in [3.05, 3.63) is 102 Å². The summed E-state index contributed by atoms with van der Waals surface area (Å²) in [6.45, 7) is 3.62. The van der Waals surface area contributed by atoms with Crippen molar-refractivity contribution < 1.29 is 0 Å². The van der Waals surface area contributed by atoms with E-state index in [9.17, 15) is 0 Å². The Kier molecular flexibility index (Phi) is 5.08. The Bertz CT molecular complexity index is 990. The van der Waals surface area contributed by atoms with E-state index in [-0.39, 0.29) is 0 Å². The first-order valence-corrected chi connectivity index (χ1v) is 9.10. The van der Waals surface area contributed by atoms with E-state index in [1.54, 1.807) is 6.20 Å². The molecule has 4 rings (SSSR count). The highest BCUT2D eigenvalue weighted by molar-refractivity contribution is 5.63. The summed E-state index contributed by atoms with van der Waals surface area (Å²) in [4.78, 5) is 4.17. The van der Waals surface area contributed by atoms with Crippen molar-refractivity contribution in [1.29, 1.82) is 0 Å². The number of aryl methyl sites for hydroxylation is 1. The van der Waals surface area contributed by atoms with Crippen LogP contribution in [0, 0.1) is 6.92 Å². The highest BCUT2D eigenvalue weighted by atomic mass is 15.3. The number of nitrogens with one attached hydrogen (secondary N) is 1. The van der Waals surface area contributed by atoms with Crippen LogP contribution in [0.3, 0.4) is 0 Å². The van der Waals surface area contributed by atoms with Crippen molar-refractivity contribution >= 4 is 0 Å². The van der Waals surface area contributed by atoms with Crippen LogP contribution in [0.2, 0.25) is 0 Å². The fraction of sp³-hybridized carbons (Fsp3) is 0.130. The van der Waals surface area contributed by atoms with Gasteiger partial charge in [-0.15, -0.1) is 0 Å². The number of hydrogen-bond donors (Lipinski definition) is 1. The molecule has 0 atom stereocenters. The average molecular weight is 354 g/mol. The maximum atomic E-state index is 4.87. The smallest absolute Gasteiger partial charge is 0.0972 e. The summed E-state index contributed by atoms with van der Waals surface area (Å²) in [5.41, 5.74) is 6.80. The Hall–Kier alpha value is -3.24. The second-order valence-electron chi connectivity index (χ2n) is 6.61. The van der Waals surface area contributed by atoms with Crippen LogP contribution in [0.5, 0.6) is 0 Å². The fourth-order valence-corrected chi connectivity index (χ4v) is 3.05. The quantitative estimate of drug-likeness (QED) is 0.553. The summed E-state index contributed by atoms with van der Waals surface area (Å²) in [6, 6.07) is 22.8. The predicted molar refractivity (Wildman–Crippen MR) is 109 cm³/mol. The SMILES string of the molecule is Cc1ccc(-c2nn(-c3ccccc3)cc2CNCc2cccnc2)cc1. The minimum Gasteiger partial charge on any atom is -0.308 e. The molecule has 0 spiro atoms. The van der Waals surface area contributed by atoms with Crippen molar-refractivity contribution in [3.63, 3.8) is 0 Å². The Morgan fingerprint density at radius 2 is 1.70 bits per heavy atom. The van der Waals surface area contributed by atoms with Crippen molar-refractivity contribution in [1.82, 2.24) is 20.1 Å². The molecule has 2 aromatic carbocycles. The molecule has 134 valence electrons. The standard InChI is InChI=1S/C23H22N4/c1-18-9-11-20(12-10-18)23-21(16-25-15-19-6-5-13-24-14-19)17-27(26-23)22-7-3-2-4-8-22/h2-14,17,25H,15-16H2,1H3. The van der Waals surface area contributed by atoms with Gasteiger partial charge in [0, 0.05) is 42.8 Å². The van der Waals surface area contributed by atoms with Gasteiger partial charge in [-0.3, -0.25) is 4.98 Å². The molecule has 27 heavy (non-hydrogen) atoms. The summed E-state index contributed by atoms with van der Waals surface area (Å²) in [6.07, 6.45) is 5.80. The van der Waals surface area contributed by atoms with E-state index < -0.39 is 0 Å². The van der Waals surface area contributed by atoms with Gasteiger partial charge < -0.3 is 5.32 Å². The molecular formula is C23H22N4. The average Bonchev–Trinajstić information content (AvgIpc) is 3.14. The summed E-state index contributed by atoms with van der Waals surface area (Å²) in [7, 11) is 0. The number of pyridine rings is 1. The Morgan fingerprint density at radius 3 is 2.44 bits per heavy atom. The molecule has 0 aliphatic heterocycles. The Balaban J connectivity index is 1.61. The molecule has 0 saturated heterocycles. The topological polar surface area (TPSA) is 42.7 Å². The van der Waals surface area contributed by atoms with Gasteiger partial charge in [-0.05, 0) is 30.7 Å². The molecule has 1 N–H and O–H groups in total. The van der Waals surface area contributed by atoms with Gasteiger partial charge in [0.2, 0.25) is 0 Å². The second kappa shape index (κ2) is 7.98. The van der Waals surface area contributed by atoms with E-state index in [4.69, 9.17) is 5.10 Å². The van der Waals surface area contributed by atoms with E-state index in [2.05, 4.69) is 65.9 Å². The molecule has 4 aromatic rings. The van der Waals surface area contributed by atoms with E-state index >= 15 is 0 Å². The third-order valence-electron chi connectivity index (χ3n) is 4.50. The number of nitrogens with zero attached hydrogens (tertiary/aromatic N) is 3. The molecule has 0 saturated carbocycles. The van der Waals surface area contributed by atoms with Crippen LogP contribution in [0.15, 0.2) is 85.3 Å². The van der Waals surface area contributed by atoms with Gasteiger partial charge >= 0.3 is 0 Å². The molecule has 0 unspecified atom stereocenters. The van der Waals surface area contributed by atoms with Crippen molar-refractivity contribution in [2.45, 2.75) is 20.0 Å². The summed E-state index contributed by atoms with van der Waals surface area (Å²) in [5.74, 6) is 0. The zero-order valence-corrected chi connectivity index (χ0v) is 15.3. The van der Waals surface area contributed by atoms with E-state index in [0.717, 1.165) is 30.0 Å². The molecule has 0 bridgehead atoms. The molecule has 0 aliphatic carbocycles. The maximum absolute atomic E-state index is 4.87. The molecule has 4 nitrogen and oxygen atoms in total. The van der Waals surface area contributed by atoms with Gasteiger partial charge in [-0.2, -0.15) is 5.10 Å². The highest BCUT2D eigenvalue weighted by Crippen LogP contribution is 2.24. The summed E-state index contributed by atoms with van der Waals surface area (Å²) in [5, 5.41) is 8.38. The van der Waals surface area contributed by atoms with Crippen LogP contribution in [0.1, 0.15) is 16.7 Å². The van der Waals surface area contributed by atoms with Crippen LogP contribution in [-0.4, -0.2) is 14.8 Å². The lowest BCUT2D eigenvalue weighted by atomic mass is 10.1.